The summed E-state index contributed by atoms with van der Waals surface area (Å²) in [7, 11) is 0. The quantitative estimate of drug-likeness (QED) is 0.780. The highest BCUT2D eigenvalue weighted by atomic mass is 16.3. The zero-order valence-corrected chi connectivity index (χ0v) is 12.3. The maximum atomic E-state index is 9.38. The Balaban J connectivity index is 1.93. The van der Waals surface area contributed by atoms with Crippen LogP contribution in [0.2, 0.25) is 0 Å². The Kier molecular flexibility index (Phi) is 3.97. The predicted molar refractivity (Wildman–Crippen MR) is 89.2 cm³/mol. The summed E-state index contributed by atoms with van der Waals surface area (Å²) < 4.78 is 0. The summed E-state index contributed by atoms with van der Waals surface area (Å²) in [5.74, 6) is 0.922. The zero-order chi connectivity index (χ0) is 15.4. The second-order valence-electron chi connectivity index (χ2n) is 5.04. The molecule has 3 nitrogen and oxygen atoms in total. The van der Waals surface area contributed by atoms with Crippen LogP contribution in [0.25, 0.3) is 23.4 Å². The van der Waals surface area contributed by atoms with Crippen molar-refractivity contribution in [1.82, 2.24) is 9.97 Å². The highest BCUT2D eigenvalue weighted by Crippen LogP contribution is 2.21. The number of hydrogen-bond donors (Lipinski definition) is 1. The van der Waals surface area contributed by atoms with Gasteiger partial charge in [0.1, 0.15) is 5.75 Å². The number of aryl methyl sites for hydroxylation is 1. The molecule has 0 saturated carbocycles. The molecule has 3 heteroatoms. The van der Waals surface area contributed by atoms with E-state index < -0.39 is 0 Å². The first kappa shape index (κ1) is 14.0. The van der Waals surface area contributed by atoms with Crippen molar-refractivity contribution in [2.75, 3.05) is 0 Å². The van der Waals surface area contributed by atoms with Crippen molar-refractivity contribution >= 4 is 12.2 Å². The van der Waals surface area contributed by atoms with Crippen LogP contribution >= 0.6 is 0 Å². The fraction of sp³-hybridized carbons (Fsp3) is 0.0526. The lowest BCUT2D eigenvalue weighted by Gasteiger charge is -2.04. The van der Waals surface area contributed by atoms with Gasteiger partial charge in [0.2, 0.25) is 0 Å². The van der Waals surface area contributed by atoms with Crippen LogP contribution in [0, 0.1) is 6.92 Å². The lowest BCUT2D eigenvalue weighted by Crippen LogP contribution is -1.94. The summed E-state index contributed by atoms with van der Waals surface area (Å²) in [5.41, 5.74) is 3.82. The Morgan fingerprint density at radius 2 is 1.59 bits per heavy atom. The third kappa shape index (κ3) is 3.38. The van der Waals surface area contributed by atoms with Crippen LogP contribution < -0.4 is 0 Å². The van der Waals surface area contributed by atoms with Gasteiger partial charge in [0.05, 0.1) is 5.69 Å². The molecule has 2 aromatic carbocycles. The van der Waals surface area contributed by atoms with E-state index >= 15 is 0 Å². The molecule has 0 spiro atoms. The van der Waals surface area contributed by atoms with E-state index in [1.807, 2.05) is 67.6 Å². The fourth-order valence-corrected chi connectivity index (χ4v) is 2.18. The maximum absolute atomic E-state index is 9.38. The molecule has 0 aliphatic rings. The molecular formula is C19H16N2O. The average molecular weight is 288 g/mol. The fourth-order valence-electron chi connectivity index (χ4n) is 2.18. The first-order valence-corrected chi connectivity index (χ1v) is 7.09. The summed E-state index contributed by atoms with van der Waals surface area (Å²) in [6.07, 6.45) is 3.90. The summed E-state index contributed by atoms with van der Waals surface area (Å²) in [6, 6.07) is 19.0. The minimum absolute atomic E-state index is 0.249. The molecule has 1 heterocycles. The Hall–Kier alpha value is -2.94. The van der Waals surface area contributed by atoms with Crippen molar-refractivity contribution in [2.24, 2.45) is 0 Å². The molecule has 108 valence electrons. The first-order chi connectivity index (χ1) is 10.7. The van der Waals surface area contributed by atoms with Gasteiger partial charge in [-0.15, -0.1) is 0 Å². The largest absolute Gasteiger partial charge is 0.508 e. The van der Waals surface area contributed by atoms with Gasteiger partial charge < -0.3 is 5.11 Å². The number of aromatic hydroxyl groups is 1. The third-order valence-electron chi connectivity index (χ3n) is 3.26. The summed E-state index contributed by atoms with van der Waals surface area (Å²) >= 11 is 0. The van der Waals surface area contributed by atoms with Crippen molar-refractivity contribution in [2.45, 2.75) is 6.92 Å². The van der Waals surface area contributed by atoms with Crippen LogP contribution in [0.4, 0.5) is 0 Å². The number of benzene rings is 2. The predicted octanol–water partition coefficient (Wildman–Crippen LogP) is 4.33. The number of aromatic nitrogens is 2. The number of nitrogens with zero attached hydrogens (tertiary/aromatic N) is 2. The molecule has 0 radical (unpaired) electrons. The SMILES string of the molecule is Cc1cc(-c2ccc(O)cc2)nc(C=Cc2ccccc2)n1. The molecule has 1 aromatic heterocycles. The number of phenolic OH excluding ortho intramolecular Hbond substituents is 1. The molecule has 0 bridgehead atoms. The molecule has 3 aromatic rings. The number of hydrogen-bond acceptors (Lipinski definition) is 3. The lowest BCUT2D eigenvalue weighted by molar-refractivity contribution is 0.475. The normalized spacial score (nSPS) is 11.0. The minimum atomic E-state index is 0.249. The van der Waals surface area contributed by atoms with Gasteiger partial charge in [-0.3, -0.25) is 0 Å². The van der Waals surface area contributed by atoms with Crippen LogP contribution in [0.15, 0.2) is 60.7 Å². The van der Waals surface area contributed by atoms with Crippen molar-refractivity contribution in [3.05, 3.63) is 77.7 Å². The van der Waals surface area contributed by atoms with E-state index in [4.69, 9.17) is 0 Å². The van der Waals surface area contributed by atoms with Crippen LogP contribution in [-0.4, -0.2) is 15.1 Å². The van der Waals surface area contributed by atoms with Gasteiger partial charge in [-0.05, 0) is 48.9 Å². The summed E-state index contributed by atoms with van der Waals surface area (Å²) in [6.45, 7) is 1.95. The lowest BCUT2D eigenvalue weighted by atomic mass is 10.1. The van der Waals surface area contributed by atoms with Gasteiger partial charge in [0, 0.05) is 11.3 Å². The van der Waals surface area contributed by atoms with E-state index in [9.17, 15) is 5.11 Å². The second kappa shape index (κ2) is 6.22. The smallest absolute Gasteiger partial charge is 0.152 e. The molecule has 0 saturated heterocycles. The van der Waals surface area contributed by atoms with Gasteiger partial charge in [0.15, 0.2) is 5.82 Å². The number of phenols is 1. The topological polar surface area (TPSA) is 46.0 Å². The maximum Gasteiger partial charge on any atom is 0.152 e. The molecule has 0 aliphatic heterocycles. The van der Waals surface area contributed by atoms with E-state index in [-0.39, 0.29) is 5.75 Å². The molecule has 0 atom stereocenters. The highest BCUT2D eigenvalue weighted by Gasteiger charge is 2.03. The minimum Gasteiger partial charge on any atom is -0.508 e. The first-order valence-electron chi connectivity index (χ1n) is 7.09. The Morgan fingerprint density at radius 1 is 0.864 bits per heavy atom. The third-order valence-corrected chi connectivity index (χ3v) is 3.26. The van der Waals surface area contributed by atoms with E-state index in [1.54, 1.807) is 12.1 Å². The molecule has 0 fully saturated rings. The molecule has 0 aliphatic carbocycles. The zero-order valence-electron chi connectivity index (χ0n) is 12.3. The van der Waals surface area contributed by atoms with Gasteiger partial charge >= 0.3 is 0 Å². The van der Waals surface area contributed by atoms with Gasteiger partial charge in [-0.2, -0.15) is 0 Å². The highest BCUT2D eigenvalue weighted by molar-refractivity contribution is 5.68. The number of rotatable bonds is 3. The summed E-state index contributed by atoms with van der Waals surface area (Å²) in [5, 5.41) is 9.38. The van der Waals surface area contributed by atoms with Crippen LogP contribution in [0.1, 0.15) is 17.1 Å². The van der Waals surface area contributed by atoms with E-state index in [2.05, 4.69) is 9.97 Å². The second-order valence-corrected chi connectivity index (χ2v) is 5.04. The monoisotopic (exact) mass is 288 g/mol. The van der Waals surface area contributed by atoms with Crippen molar-refractivity contribution in [3.63, 3.8) is 0 Å². The van der Waals surface area contributed by atoms with Gasteiger partial charge in [-0.1, -0.05) is 36.4 Å². The van der Waals surface area contributed by atoms with Crippen LogP contribution in [0.5, 0.6) is 5.75 Å². The Labute approximate surface area is 129 Å². The molecule has 0 unspecified atom stereocenters. The van der Waals surface area contributed by atoms with E-state index in [0.29, 0.717) is 5.82 Å². The molecular weight excluding hydrogens is 272 g/mol. The summed E-state index contributed by atoms with van der Waals surface area (Å²) in [4.78, 5) is 9.01. The van der Waals surface area contributed by atoms with E-state index in [0.717, 1.165) is 22.5 Å². The van der Waals surface area contributed by atoms with Crippen molar-refractivity contribution < 1.29 is 5.11 Å². The van der Waals surface area contributed by atoms with Crippen molar-refractivity contribution in [1.29, 1.82) is 0 Å². The molecule has 3 rings (SSSR count). The van der Waals surface area contributed by atoms with E-state index in [1.165, 1.54) is 0 Å². The van der Waals surface area contributed by atoms with Crippen molar-refractivity contribution in [3.8, 4) is 17.0 Å². The van der Waals surface area contributed by atoms with Gasteiger partial charge in [-0.25, -0.2) is 9.97 Å². The molecule has 22 heavy (non-hydrogen) atoms. The Bertz CT molecular complexity index is 793. The Morgan fingerprint density at radius 3 is 2.32 bits per heavy atom. The average Bonchev–Trinajstić information content (AvgIpc) is 2.54. The molecule has 0 amide bonds. The standard InChI is InChI=1S/C19H16N2O/c1-14-13-18(16-8-10-17(22)11-9-16)21-19(20-14)12-7-15-5-3-2-4-6-15/h2-13,22H,1H3. The van der Waals surface area contributed by atoms with Crippen LogP contribution in [-0.2, 0) is 0 Å². The van der Waals surface area contributed by atoms with Gasteiger partial charge in [0.25, 0.3) is 0 Å². The van der Waals surface area contributed by atoms with Crippen LogP contribution in [0.3, 0.4) is 0 Å². The molecule has 1 N–H and O–H groups in total.